The van der Waals surface area contributed by atoms with Crippen molar-refractivity contribution in [2.75, 3.05) is 17.7 Å². The van der Waals surface area contributed by atoms with Crippen LogP contribution in [0.25, 0.3) is 0 Å². The number of thioether (sulfide) groups is 1. The highest BCUT2D eigenvalue weighted by Gasteiger charge is 2.34. The molecule has 11 heteroatoms. The van der Waals surface area contributed by atoms with E-state index in [0.29, 0.717) is 33.0 Å². The van der Waals surface area contributed by atoms with Crippen LogP contribution in [0.15, 0.2) is 29.4 Å². The lowest BCUT2D eigenvalue weighted by Crippen LogP contribution is -2.26. The van der Waals surface area contributed by atoms with E-state index in [1.165, 1.54) is 23.1 Å². The monoisotopic (exact) mass is 583 g/mol. The lowest BCUT2D eigenvalue weighted by molar-refractivity contribution is -0.113. The molecule has 2 N–H and O–H groups in total. The molecule has 1 unspecified atom stereocenters. The smallest absolute Gasteiger partial charge is 0.341 e. The number of ether oxygens (including phenoxy) is 1. The van der Waals surface area contributed by atoms with Crippen LogP contribution in [0.4, 0.5) is 5.00 Å². The molecule has 40 heavy (non-hydrogen) atoms. The maximum Gasteiger partial charge on any atom is 0.341 e. The number of anilines is 1. The van der Waals surface area contributed by atoms with Crippen molar-refractivity contribution < 1.29 is 19.1 Å². The molecule has 0 fully saturated rings. The van der Waals surface area contributed by atoms with Gasteiger partial charge in [0, 0.05) is 17.5 Å². The summed E-state index contributed by atoms with van der Waals surface area (Å²) in [6, 6.07) is 7.37. The molecule has 0 radical (unpaired) electrons. The molecule has 2 heterocycles. The van der Waals surface area contributed by atoms with E-state index < -0.39 is 0 Å². The predicted molar refractivity (Wildman–Crippen MR) is 158 cm³/mol. The topological polar surface area (TPSA) is 115 Å². The molecule has 0 aliphatic heterocycles. The maximum atomic E-state index is 13.0. The minimum Gasteiger partial charge on any atom is -0.462 e. The number of hydrogen-bond donors (Lipinski definition) is 2. The summed E-state index contributed by atoms with van der Waals surface area (Å²) in [5, 5.41) is 15.3. The van der Waals surface area contributed by atoms with Crippen LogP contribution in [-0.2, 0) is 36.0 Å². The first-order valence-electron chi connectivity index (χ1n) is 13.4. The van der Waals surface area contributed by atoms with E-state index in [2.05, 4.69) is 41.6 Å². The Morgan fingerprint density at radius 1 is 1.23 bits per heavy atom. The summed E-state index contributed by atoms with van der Waals surface area (Å²) < 4.78 is 7.11. The van der Waals surface area contributed by atoms with Crippen LogP contribution in [0.2, 0.25) is 0 Å². The maximum absolute atomic E-state index is 13.0. The molecular weight excluding hydrogens is 546 g/mol. The van der Waals surface area contributed by atoms with Crippen LogP contribution in [0, 0.1) is 18.3 Å². The number of rotatable bonds is 9. The number of benzene rings is 1. The molecule has 1 atom stereocenters. The van der Waals surface area contributed by atoms with Gasteiger partial charge in [-0.25, -0.2) is 4.79 Å². The van der Waals surface area contributed by atoms with Gasteiger partial charge in [0.25, 0.3) is 5.91 Å². The first kappa shape index (κ1) is 29.8. The molecule has 9 nitrogen and oxygen atoms in total. The third kappa shape index (κ3) is 6.93. The van der Waals surface area contributed by atoms with Gasteiger partial charge in [-0.1, -0.05) is 50.2 Å². The highest BCUT2D eigenvalue weighted by atomic mass is 32.2. The summed E-state index contributed by atoms with van der Waals surface area (Å²) in [5.41, 5.74) is 3.27. The third-order valence-corrected chi connectivity index (χ3v) is 9.36. The van der Waals surface area contributed by atoms with Crippen molar-refractivity contribution in [3.63, 3.8) is 0 Å². The summed E-state index contributed by atoms with van der Waals surface area (Å²) in [5.74, 6) is 0.371. The highest BCUT2D eigenvalue weighted by Crippen LogP contribution is 2.44. The van der Waals surface area contributed by atoms with Gasteiger partial charge < -0.3 is 19.9 Å². The Labute approximate surface area is 243 Å². The molecule has 4 rings (SSSR count). The fraction of sp³-hybridized carbons (Fsp3) is 0.483. The minimum absolute atomic E-state index is 0.0943. The number of hydrogen-bond acceptors (Lipinski definition) is 8. The van der Waals surface area contributed by atoms with E-state index in [9.17, 15) is 14.4 Å². The quantitative estimate of drug-likeness (QED) is 0.264. The van der Waals surface area contributed by atoms with E-state index in [1.54, 1.807) is 24.6 Å². The second kappa shape index (κ2) is 12.6. The van der Waals surface area contributed by atoms with Crippen LogP contribution in [0.3, 0.4) is 0 Å². The largest absolute Gasteiger partial charge is 0.462 e. The van der Waals surface area contributed by atoms with Crippen LogP contribution in [-0.4, -0.2) is 44.9 Å². The Balaban J connectivity index is 1.39. The molecule has 1 aliphatic rings. The lowest BCUT2D eigenvalue weighted by Gasteiger charge is -2.33. The Kier molecular flexibility index (Phi) is 9.35. The number of aryl methyl sites for hydroxylation is 1. The van der Waals surface area contributed by atoms with Crippen LogP contribution in [0.5, 0.6) is 0 Å². The number of nitrogens with zero attached hydrogens (tertiary/aromatic N) is 3. The number of fused-ring (bicyclic) bond motifs is 1. The van der Waals surface area contributed by atoms with Gasteiger partial charge in [0.1, 0.15) is 5.00 Å². The molecule has 0 spiro atoms. The number of amides is 2. The first-order chi connectivity index (χ1) is 19.0. The molecule has 3 aromatic rings. The van der Waals surface area contributed by atoms with Crippen molar-refractivity contribution in [1.29, 1.82) is 0 Å². The van der Waals surface area contributed by atoms with Gasteiger partial charge in [-0.3, -0.25) is 9.59 Å². The molecule has 1 aromatic carbocycles. The van der Waals surface area contributed by atoms with Gasteiger partial charge in [0.2, 0.25) is 5.91 Å². The van der Waals surface area contributed by atoms with Gasteiger partial charge in [-0.15, -0.1) is 21.5 Å². The van der Waals surface area contributed by atoms with Crippen molar-refractivity contribution in [2.45, 2.75) is 65.6 Å². The van der Waals surface area contributed by atoms with Gasteiger partial charge in [-0.2, -0.15) is 0 Å². The fourth-order valence-electron chi connectivity index (χ4n) is 4.80. The second-order valence-electron chi connectivity index (χ2n) is 11.1. The van der Waals surface area contributed by atoms with E-state index in [1.807, 2.05) is 25.1 Å². The standard InChI is InChI=1S/C29H37N5O4S2/c1-7-38-27(37)24-20-12-11-19(29(3,4)5)14-21(20)40-26(24)31-23(35)16-39-28-33-32-22(34(28)6)15-30-25(36)18-10-8-9-17(2)13-18/h8-10,13,19H,7,11-12,14-16H2,1-6H3,(H,30,36)(H,31,35). The Morgan fingerprint density at radius 2 is 2.00 bits per heavy atom. The average molecular weight is 584 g/mol. The number of carbonyl (C=O) groups excluding carboxylic acids is 3. The van der Waals surface area contributed by atoms with Crippen molar-refractivity contribution in [1.82, 2.24) is 20.1 Å². The van der Waals surface area contributed by atoms with Gasteiger partial charge >= 0.3 is 5.97 Å². The molecule has 0 bridgehead atoms. The van der Waals surface area contributed by atoms with E-state index in [0.717, 1.165) is 35.3 Å². The van der Waals surface area contributed by atoms with Crippen molar-refractivity contribution in [2.24, 2.45) is 18.4 Å². The Morgan fingerprint density at radius 3 is 2.70 bits per heavy atom. The second-order valence-corrected chi connectivity index (χ2v) is 13.1. The molecular formula is C29H37N5O4S2. The summed E-state index contributed by atoms with van der Waals surface area (Å²) in [4.78, 5) is 39.5. The van der Waals surface area contributed by atoms with Crippen molar-refractivity contribution >= 4 is 45.9 Å². The summed E-state index contributed by atoms with van der Waals surface area (Å²) in [6.07, 6.45) is 2.69. The predicted octanol–water partition coefficient (Wildman–Crippen LogP) is 5.17. The number of nitrogens with one attached hydrogen (secondary N) is 2. The molecule has 2 amide bonds. The molecule has 1 aliphatic carbocycles. The zero-order chi connectivity index (χ0) is 29.0. The SMILES string of the molecule is CCOC(=O)c1c(NC(=O)CSc2nnc(CNC(=O)c3cccc(C)c3)n2C)sc2c1CCC(C(C)(C)C)C2. The Hall–Kier alpha value is -3.18. The zero-order valence-corrected chi connectivity index (χ0v) is 25.6. The van der Waals surface area contributed by atoms with Gasteiger partial charge in [-0.05, 0) is 62.1 Å². The number of carbonyl (C=O) groups is 3. The van der Waals surface area contributed by atoms with Crippen LogP contribution >= 0.6 is 23.1 Å². The van der Waals surface area contributed by atoms with Crippen molar-refractivity contribution in [3.8, 4) is 0 Å². The van der Waals surface area contributed by atoms with Crippen LogP contribution < -0.4 is 10.6 Å². The van der Waals surface area contributed by atoms with Crippen molar-refractivity contribution in [3.05, 3.63) is 57.2 Å². The average Bonchev–Trinajstić information content (AvgIpc) is 3.44. The minimum atomic E-state index is -0.386. The molecule has 214 valence electrons. The lowest BCUT2D eigenvalue weighted by atomic mass is 9.72. The number of esters is 1. The van der Waals surface area contributed by atoms with E-state index in [-0.39, 0.29) is 42.1 Å². The van der Waals surface area contributed by atoms with Crippen LogP contribution in [0.1, 0.15) is 76.7 Å². The summed E-state index contributed by atoms with van der Waals surface area (Å²) >= 11 is 2.73. The van der Waals surface area contributed by atoms with E-state index >= 15 is 0 Å². The first-order valence-corrected chi connectivity index (χ1v) is 15.3. The molecule has 0 saturated heterocycles. The fourth-order valence-corrected chi connectivity index (χ4v) is 6.86. The molecule has 0 saturated carbocycles. The highest BCUT2D eigenvalue weighted by molar-refractivity contribution is 7.99. The number of thiophene rings is 1. The number of aromatic nitrogens is 3. The zero-order valence-electron chi connectivity index (χ0n) is 23.9. The third-order valence-electron chi connectivity index (χ3n) is 7.17. The summed E-state index contributed by atoms with van der Waals surface area (Å²) in [6.45, 7) is 10.9. The van der Waals surface area contributed by atoms with Gasteiger partial charge in [0.15, 0.2) is 11.0 Å². The van der Waals surface area contributed by atoms with Gasteiger partial charge in [0.05, 0.1) is 24.5 Å². The summed E-state index contributed by atoms with van der Waals surface area (Å²) in [7, 11) is 1.80. The Bertz CT molecular complexity index is 1410. The van der Waals surface area contributed by atoms with E-state index in [4.69, 9.17) is 4.74 Å². The molecule has 2 aromatic heterocycles. The normalized spacial score (nSPS) is 14.9.